The molecule has 7 heteroatoms. The molecule has 1 aromatic carbocycles. The first kappa shape index (κ1) is 17.1. The molecule has 1 aliphatic heterocycles. The minimum Gasteiger partial charge on any atom is -0.342 e. The van der Waals surface area contributed by atoms with Crippen LogP contribution in [0.15, 0.2) is 24.8 Å². The van der Waals surface area contributed by atoms with Gasteiger partial charge in [-0.1, -0.05) is 17.7 Å². The molecule has 1 aliphatic rings. The third-order valence-corrected chi connectivity index (χ3v) is 4.64. The van der Waals surface area contributed by atoms with Crippen LogP contribution in [0.3, 0.4) is 0 Å². The highest BCUT2D eigenvalue weighted by atomic mass is 16.2. The highest BCUT2D eigenvalue weighted by Crippen LogP contribution is 2.30. The number of carbonyl (C=O) groups excluding carboxylic acids is 2. The quantitative estimate of drug-likeness (QED) is 0.918. The average molecular weight is 341 g/mol. The van der Waals surface area contributed by atoms with Gasteiger partial charge in [0.2, 0.25) is 11.8 Å². The molecule has 0 radical (unpaired) electrons. The summed E-state index contributed by atoms with van der Waals surface area (Å²) in [6, 6.07) is 3.15. The lowest BCUT2D eigenvalue weighted by molar-refractivity contribution is -0.128. The first-order chi connectivity index (χ1) is 11.9. The van der Waals surface area contributed by atoms with Gasteiger partial charge in [-0.2, -0.15) is 5.10 Å². The molecular formula is C18H23N5O2. The second-order valence-electron chi connectivity index (χ2n) is 6.64. The summed E-state index contributed by atoms with van der Waals surface area (Å²) in [5.74, 6) is -0.294. The smallest absolute Gasteiger partial charge is 0.249 e. The van der Waals surface area contributed by atoms with Gasteiger partial charge in [-0.05, 0) is 45.2 Å². The molecule has 2 aromatic rings. The van der Waals surface area contributed by atoms with E-state index in [-0.39, 0.29) is 11.8 Å². The Morgan fingerprint density at radius 2 is 1.96 bits per heavy atom. The summed E-state index contributed by atoms with van der Waals surface area (Å²) in [5, 5.41) is 6.82. The Labute approximate surface area is 147 Å². The number of carbonyl (C=O) groups is 2. The van der Waals surface area contributed by atoms with Crippen molar-refractivity contribution in [2.45, 2.75) is 46.2 Å². The van der Waals surface area contributed by atoms with Crippen molar-refractivity contribution in [2.24, 2.45) is 0 Å². The van der Waals surface area contributed by atoms with Gasteiger partial charge in [0.15, 0.2) is 0 Å². The van der Waals surface area contributed by atoms with E-state index in [1.807, 2.05) is 20.8 Å². The molecule has 3 rings (SSSR count). The predicted molar refractivity (Wildman–Crippen MR) is 94.3 cm³/mol. The first-order valence-corrected chi connectivity index (χ1v) is 8.42. The predicted octanol–water partition coefficient (Wildman–Crippen LogP) is 1.69. The van der Waals surface area contributed by atoms with Crippen LogP contribution in [0.5, 0.6) is 0 Å². The zero-order valence-corrected chi connectivity index (χ0v) is 15.0. The van der Waals surface area contributed by atoms with E-state index in [9.17, 15) is 9.59 Å². The molecule has 1 N–H and O–H groups in total. The summed E-state index contributed by atoms with van der Waals surface area (Å²) in [4.78, 5) is 30.8. The van der Waals surface area contributed by atoms with Crippen LogP contribution in [0.4, 0.5) is 5.69 Å². The average Bonchev–Trinajstić information content (AvgIpc) is 3.18. The van der Waals surface area contributed by atoms with Gasteiger partial charge in [-0.15, -0.1) is 0 Å². The van der Waals surface area contributed by atoms with Crippen molar-refractivity contribution in [1.82, 2.24) is 20.1 Å². The second-order valence-corrected chi connectivity index (χ2v) is 6.64. The van der Waals surface area contributed by atoms with Gasteiger partial charge < -0.3 is 10.2 Å². The van der Waals surface area contributed by atoms with Gasteiger partial charge >= 0.3 is 0 Å². The Balaban J connectivity index is 1.73. The lowest BCUT2D eigenvalue weighted by atomic mass is 10.0. The van der Waals surface area contributed by atoms with Crippen molar-refractivity contribution < 1.29 is 9.59 Å². The van der Waals surface area contributed by atoms with Crippen molar-refractivity contribution >= 4 is 17.5 Å². The monoisotopic (exact) mass is 341 g/mol. The molecule has 0 bridgehead atoms. The maximum atomic E-state index is 12.8. The lowest BCUT2D eigenvalue weighted by Crippen LogP contribution is -2.44. The number of nitrogens with zero attached hydrogens (tertiary/aromatic N) is 4. The van der Waals surface area contributed by atoms with Gasteiger partial charge in [0.05, 0.1) is 0 Å². The van der Waals surface area contributed by atoms with E-state index in [4.69, 9.17) is 0 Å². The Morgan fingerprint density at radius 1 is 1.28 bits per heavy atom. The van der Waals surface area contributed by atoms with Crippen molar-refractivity contribution in [3.05, 3.63) is 41.5 Å². The molecule has 0 spiro atoms. The van der Waals surface area contributed by atoms with Gasteiger partial charge in [0, 0.05) is 12.2 Å². The molecular weight excluding hydrogens is 318 g/mol. The normalized spacial score (nSPS) is 18.5. The number of aromatic nitrogens is 3. The highest BCUT2D eigenvalue weighted by molar-refractivity contribution is 6.02. The molecule has 2 amide bonds. The standard InChI is InChI=1S/C18H23N5O2/c1-11-7-12(2)16(13(3)8-11)22-6-5-15(18(22)25)21-17(24)14(4)23-10-19-9-20-23/h7-10,14-15H,5-6H2,1-4H3,(H,21,24)/t14-,15-/m1/s1. The fraction of sp³-hybridized carbons (Fsp3) is 0.444. The van der Waals surface area contributed by atoms with Gasteiger partial charge in [0.25, 0.3) is 0 Å². The van der Waals surface area contributed by atoms with E-state index in [2.05, 4.69) is 27.5 Å². The van der Waals surface area contributed by atoms with Gasteiger partial charge in [0.1, 0.15) is 24.7 Å². The third-order valence-electron chi connectivity index (χ3n) is 4.64. The highest BCUT2D eigenvalue weighted by Gasteiger charge is 2.35. The van der Waals surface area contributed by atoms with Crippen LogP contribution in [0, 0.1) is 20.8 Å². The summed E-state index contributed by atoms with van der Waals surface area (Å²) in [6.45, 7) is 8.41. The number of amides is 2. The van der Waals surface area contributed by atoms with Crippen LogP contribution in [0.25, 0.3) is 0 Å². The van der Waals surface area contributed by atoms with E-state index in [1.165, 1.54) is 22.9 Å². The molecule has 1 aromatic heterocycles. The van der Waals surface area contributed by atoms with Crippen LogP contribution in [0.2, 0.25) is 0 Å². The SMILES string of the molecule is Cc1cc(C)c(N2CC[C@@H](NC(=O)[C@@H](C)n3cncn3)C2=O)c(C)c1. The van der Waals surface area contributed by atoms with E-state index in [0.29, 0.717) is 13.0 Å². The summed E-state index contributed by atoms with van der Waals surface area (Å²) in [7, 11) is 0. The van der Waals surface area contributed by atoms with Crippen LogP contribution in [0.1, 0.15) is 36.1 Å². The Hall–Kier alpha value is -2.70. The lowest BCUT2D eigenvalue weighted by Gasteiger charge is -2.22. The number of aryl methyl sites for hydroxylation is 3. The first-order valence-electron chi connectivity index (χ1n) is 8.42. The van der Waals surface area contributed by atoms with Crippen LogP contribution < -0.4 is 10.2 Å². The topological polar surface area (TPSA) is 80.1 Å². The molecule has 0 saturated carbocycles. The molecule has 2 atom stereocenters. The van der Waals surface area contributed by atoms with E-state index in [1.54, 1.807) is 11.8 Å². The Kier molecular flexibility index (Phi) is 4.57. The molecule has 2 heterocycles. The zero-order valence-electron chi connectivity index (χ0n) is 15.0. The van der Waals surface area contributed by atoms with Crippen molar-refractivity contribution in [2.75, 3.05) is 11.4 Å². The van der Waals surface area contributed by atoms with Crippen LogP contribution >= 0.6 is 0 Å². The fourth-order valence-electron chi connectivity index (χ4n) is 3.46. The maximum Gasteiger partial charge on any atom is 0.249 e. The molecule has 132 valence electrons. The van der Waals surface area contributed by atoms with E-state index >= 15 is 0 Å². The molecule has 1 saturated heterocycles. The molecule has 7 nitrogen and oxygen atoms in total. The molecule has 1 fully saturated rings. The largest absolute Gasteiger partial charge is 0.342 e. The Morgan fingerprint density at radius 3 is 2.56 bits per heavy atom. The number of anilines is 1. The van der Waals surface area contributed by atoms with Crippen molar-refractivity contribution in [1.29, 1.82) is 0 Å². The minimum absolute atomic E-state index is 0.0609. The van der Waals surface area contributed by atoms with Crippen LogP contribution in [-0.4, -0.2) is 39.2 Å². The number of benzene rings is 1. The van der Waals surface area contributed by atoms with Crippen LogP contribution in [-0.2, 0) is 9.59 Å². The number of hydrogen-bond acceptors (Lipinski definition) is 4. The van der Waals surface area contributed by atoms with E-state index < -0.39 is 12.1 Å². The maximum absolute atomic E-state index is 12.8. The number of hydrogen-bond donors (Lipinski definition) is 1. The third kappa shape index (κ3) is 3.26. The summed E-state index contributed by atoms with van der Waals surface area (Å²) in [5.41, 5.74) is 4.29. The molecule has 25 heavy (non-hydrogen) atoms. The van der Waals surface area contributed by atoms with Gasteiger partial charge in [-0.25, -0.2) is 9.67 Å². The summed E-state index contributed by atoms with van der Waals surface area (Å²) in [6.07, 6.45) is 3.47. The van der Waals surface area contributed by atoms with Crippen molar-refractivity contribution in [3.63, 3.8) is 0 Å². The number of nitrogens with one attached hydrogen (secondary N) is 1. The van der Waals surface area contributed by atoms with Gasteiger partial charge in [-0.3, -0.25) is 9.59 Å². The second kappa shape index (κ2) is 6.66. The molecule has 0 unspecified atom stereocenters. The van der Waals surface area contributed by atoms with E-state index in [0.717, 1.165) is 16.8 Å². The van der Waals surface area contributed by atoms with Crippen molar-refractivity contribution in [3.8, 4) is 0 Å². The molecule has 0 aliphatic carbocycles. The Bertz CT molecular complexity index is 777. The number of rotatable bonds is 4. The fourth-order valence-corrected chi connectivity index (χ4v) is 3.46. The summed E-state index contributed by atoms with van der Waals surface area (Å²) < 4.78 is 1.47. The minimum atomic E-state index is -0.507. The summed E-state index contributed by atoms with van der Waals surface area (Å²) >= 11 is 0. The zero-order chi connectivity index (χ0) is 18.1.